The molecule has 0 saturated heterocycles. The third-order valence-corrected chi connectivity index (χ3v) is 4.51. The number of aliphatic hydroxyl groups excluding tert-OH is 1. The number of aromatic nitrogens is 1. The van der Waals surface area contributed by atoms with Crippen molar-refractivity contribution < 1.29 is 18.3 Å². The molecule has 0 unspecified atom stereocenters. The van der Waals surface area contributed by atoms with Crippen molar-refractivity contribution >= 4 is 20.9 Å². The summed E-state index contributed by atoms with van der Waals surface area (Å²) in [5.41, 5.74) is 1.60. The van der Waals surface area contributed by atoms with Crippen LogP contribution in [0.4, 0.5) is 0 Å². The van der Waals surface area contributed by atoms with E-state index in [4.69, 9.17) is 9.84 Å². The topological polar surface area (TPSA) is 88.5 Å². The van der Waals surface area contributed by atoms with Crippen molar-refractivity contribution in [1.82, 2.24) is 9.71 Å². The van der Waals surface area contributed by atoms with Gasteiger partial charge >= 0.3 is 0 Å². The number of fused-ring (bicyclic) bond motifs is 1. The highest BCUT2D eigenvalue weighted by molar-refractivity contribution is 7.89. The third-order valence-electron chi connectivity index (χ3n) is 3.00. The summed E-state index contributed by atoms with van der Waals surface area (Å²) in [7, 11) is -3.62. The highest BCUT2D eigenvalue weighted by Crippen LogP contribution is 2.23. The van der Waals surface area contributed by atoms with E-state index < -0.39 is 10.0 Å². The molecule has 2 aromatic rings. The fourth-order valence-electron chi connectivity index (χ4n) is 2.01. The van der Waals surface area contributed by atoms with Crippen LogP contribution < -0.4 is 4.72 Å². The van der Waals surface area contributed by atoms with E-state index in [9.17, 15) is 8.42 Å². The van der Waals surface area contributed by atoms with Crippen LogP contribution in [0.3, 0.4) is 0 Å². The molecule has 114 valence electrons. The number of aliphatic hydroxyl groups is 1. The monoisotopic (exact) mass is 310 g/mol. The summed E-state index contributed by atoms with van der Waals surface area (Å²) in [6.45, 7) is 2.36. The van der Waals surface area contributed by atoms with Crippen LogP contribution in [0.15, 0.2) is 35.4 Å². The number of hydrogen-bond acceptors (Lipinski definition) is 5. The summed E-state index contributed by atoms with van der Waals surface area (Å²) >= 11 is 0. The fourth-order valence-corrected chi connectivity index (χ4v) is 3.22. The van der Waals surface area contributed by atoms with Gasteiger partial charge in [-0.25, -0.2) is 13.1 Å². The maximum Gasteiger partial charge on any atom is 0.241 e. The minimum absolute atomic E-state index is 0.0823. The van der Waals surface area contributed by atoms with E-state index in [1.54, 1.807) is 30.5 Å². The van der Waals surface area contributed by atoms with Crippen molar-refractivity contribution in [3.05, 3.63) is 36.0 Å². The number of benzene rings is 1. The molecule has 0 aliphatic heterocycles. The molecule has 21 heavy (non-hydrogen) atoms. The summed E-state index contributed by atoms with van der Waals surface area (Å²) in [5, 5.41) is 9.18. The zero-order valence-corrected chi connectivity index (χ0v) is 12.6. The number of aryl methyl sites for hydroxylation is 1. The van der Waals surface area contributed by atoms with E-state index >= 15 is 0 Å². The van der Waals surface area contributed by atoms with Gasteiger partial charge in [0, 0.05) is 18.1 Å². The SMILES string of the molecule is Cc1ccc(S(=O)(=O)NCCOCCO)c2cccnc12. The summed E-state index contributed by atoms with van der Waals surface area (Å²) in [6.07, 6.45) is 1.64. The van der Waals surface area contributed by atoms with Crippen molar-refractivity contribution in [3.8, 4) is 0 Å². The molecule has 6 nitrogen and oxygen atoms in total. The van der Waals surface area contributed by atoms with Gasteiger partial charge in [0.2, 0.25) is 10.0 Å². The number of sulfonamides is 1. The van der Waals surface area contributed by atoms with Crippen LogP contribution in [0.1, 0.15) is 5.56 Å². The van der Waals surface area contributed by atoms with Gasteiger partial charge in [0.15, 0.2) is 0 Å². The average Bonchev–Trinajstić information content (AvgIpc) is 2.47. The normalized spacial score (nSPS) is 11.9. The Balaban J connectivity index is 2.23. The standard InChI is InChI=1S/C14H18N2O4S/c1-11-4-5-13(12-3-2-6-15-14(11)12)21(18,19)16-7-9-20-10-8-17/h2-6,16-17H,7-10H2,1H3. The Morgan fingerprint density at radius 2 is 2.10 bits per heavy atom. The molecule has 0 aliphatic rings. The molecule has 0 spiro atoms. The molecule has 2 rings (SSSR count). The van der Waals surface area contributed by atoms with Crippen LogP contribution in [0, 0.1) is 6.92 Å². The molecule has 1 aromatic heterocycles. The molecule has 2 N–H and O–H groups in total. The first-order valence-electron chi connectivity index (χ1n) is 6.59. The third kappa shape index (κ3) is 3.76. The Morgan fingerprint density at radius 1 is 1.29 bits per heavy atom. The van der Waals surface area contributed by atoms with E-state index in [2.05, 4.69) is 9.71 Å². The Kier molecular flexibility index (Phi) is 5.24. The minimum Gasteiger partial charge on any atom is -0.394 e. The van der Waals surface area contributed by atoms with Gasteiger partial charge < -0.3 is 9.84 Å². The van der Waals surface area contributed by atoms with Crippen LogP contribution in [0.2, 0.25) is 0 Å². The van der Waals surface area contributed by atoms with E-state index in [0.717, 1.165) is 5.56 Å². The van der Waals surface area contributed by atoms with Crippen LogP contribution in [-0.2, 0) is 14.8 Å². The summed E-state index contributed by atoms with van der Waals surface area (Å²) in [6, 6.07) is 6.78. The zero-order chi connectivity index (χ0) is 15.3. The van der Waals surface area contributed by atoms with Crippen molar-refractivity contribution in [2.24, 2.45) is 0 Å². The van der Waals surface area contributed by atoms with Crippen LogP contribution >= 0.6 is 0 Å². The molecular formula is C14H18N2O4S. The van der Waals surface area contributed by atoms with Crippen molar-refractivity contribution in [2.45, 2.75) is 11.8 Å². The lowest BCUT2D eigenvalue weighted by molar-refractivity contribution is 0.0961. The van der Waals surface area contributed by atoms with Gasteiger partial charge in [-0.05, 0) is 30.7 Å². The number of ether oxygens (including phenoxy) is 1. The summed E-state index contributed by atoms with van der Waals surface area (Å²) in [5.74, 6) is 0. The van der Waals surface area contributed by atoms with Crippen molar-refractivity contribution in [3.63, 3.8) is 0 Å². The second-order valence-corrected chi connectivity index (χ2v) is 6.25. The van der Waals surface area contributed by atoms with Gasteiger partial charge in [-0.3, -0.25) is 4.98 Å². The number of pyridine rings is 1. The molecule has 1 aromatic carbocycles. The van der Waals surface area contributed by atoms with Gasteiger partial charge in [0.1, 0.15) is 0 Å². The van der Waals surface area contributed by atoms with Gasteiger partial charge in [-0.2, -0.15) is 0 Å². The first-order valence-corrected chi connectivity index (χ1v) is 8.07. The molecule has 0 saturated carbocycles. The minimum atomic E-state index is -3.62. The second kappa shape index (κ2) is 6.95. The quantitative estimate of drug-likeness (QED) is 0.740. The lowest BCUT2D eigenvalue weighted by atomic mass is 10.1. The number of nitrogens with zero attached hydrogens (tertiary/aromatic N) is 1. The molecule has 0 aliphatic carbocycles. The molecule has 0 fully saturated rings. The predicted octanol–water partition coefficient (Wildman–Crippen LogP) is 0.830. The molecule has 1 heterocycles. The van der Waals surface area contributed by atoms with E-state index in [0.29, 0.717) is 10.9 Å². The van der Waals surface area contributed by atoms with E-state index in [1.165, 1.54) is 0 Å². The first-order chi connectivity index (χ1) is 10.1. The van der Waals surface area contributed by atoms with Gasteiger partial charge in [-0.15, -0.1) is 0 Å². The Hall–Kier alpha value is -1.54. The molecule has 7 heteroatoms. The van der Waals surface area contributed by atoms with Crippen LogP contribution in [0.5, 0.6) is 0 Å². The molecule has 0 amide bonds. The highest BCUT2D eigenvalue weighted by atomic mass is 32.2. The molecule has 0 bridgehead atoms. The molecular weight excluding hydrogens is 292 g/mol. The zero-order valence-electron chi connectivity index (χ0n) is 11.7. The smallest absolute Gasteiger partial charge is 0.241 e. The van der Waals surface area contributed by atoms with Crippen molar-refractivity contribution in [1.29, 1.82) is 0 Å². The van der Waals surface area contributed by atoms with Crippen LogP contribution in [0.25, 0.3) is 10.9 Å². The van der Waals surface area contributed by atoms with Crippen molar-refractivity contribution in [2.75, 3.05) is 26.4 Å². The first kappa shape index (κ1) is 15.8. The Labute approximate surface area is 123 Å². The lowest BCUT2D eigenvalue weighted by Gasteiger charge is -2.10. The Morgan fingerprint density at radius 3 is 2.86 bits per heavy atom. The average molecular weight is 310 g/mol. The maximum absolute atomic E-state index is 12.3. The fraction of sp³-hybridized carbons (Fsp3) is 0.357. The number of hydrogen-bond donors (Lipinski definition) is 2. The Bertz CT molecular complexity index is 716. The summed E-state index contributed by atoms with van der Waals surface area (Å²) in [4.78, 5) is 4.44. The molecule has 0 radical (unpaired) electrons. The molecule has 0 atom stereocenters. The van der Waals surface area contributed by atoms with E-state index in [-0.39, 0.29) is 31.3 Å². The summed E-state index contributed by atoms with van der Waals surface area (Å²) < 4.78 is 32.2. The lowest BCUT2D eigenvalue weighted by Crippen LogP contribution is -2.28. The van der Waals surface area contributed by atoms with E-state index in [1.807, 2.05) is 6.92 Å². The second-order valence-electron chi connectivity index (χ2n) is 4.51. The van der Waals surface area contributed by atoms with Gasteiger partial charge in [-0.1, -0.05) is 6.07 Å². The highest BCUT2D eigenvalue weighted by Gasteiger charge is 2.17. The van der Waals surface area contributed by atoms with Gasteiger partial charge in [0.25, 0.3) is 0 Å². The number of nitrogens with one attached hydrogen (secondary N) is 1. The largest absolute Gasteiger partial charge is 0.394 e. The maximum atomic E-state index is 12.3. The number of rotatable bonds is 7. The predicted molar refractivity (Wildman–Crippen MR) is 79.6 cm³/mol. The van der Waals surface area contributed by atoms with Gasteiger partial charge in [0.05, 0.1) is 30.2 Å². The van der Waals surface area contributed by atoms with Crippen LogP contribution in [-0.4, -0.2) is 44.9 Å².